The minimum Gasteiger partial charge on any atom is -0.344 e. The van der Waals surface area contributed by atoms with Crippen molar-refractivity contribution in [1.82, 2.24) is 20.3 Å². The maximum atomic E-state index is 12.4. The van der Waals surface area contributed by atoms with Gasteiger partial charge in [-0.3, -0.25) is 15.2 Å². The Labute approximate surface area is 153 Å². The summed E-state index contributed by atoms with van der Waals surface area (Å²) >= 11 is 0. The van der Waals surface area contributed by atoms with Gasteiger partial charge < -0.3 is 10.3 Å². The van der Waals surface area contributed by atoms with Crippen LogP contribution in [-0.4, -0.2) is 32.1 Å². The highest BCUT2D eigenvalue weighted by Crippen LogP contribution is 2.39. The lowest BCUT2D eigenvalue weighted by atomic mass is 9.99. The van der Waals surface area contributed by atoms with E-state index >= 15 is 0 Å². The predicted octanol–water partition coefficient (Wildman–Crippen LogP) is 3.50. The van der Waals surface area contributed by atoms with Crippen LogP contribution in [0.4, 0.5) is 0 Å². The first kappa shape index (κ1) is 18.0. The SMILES string of the molecule is C/C(=C/C(=N)c1ccc(C)cn1)c1cnc(C(=O)NC(C)(C)C2CC2)[nH]1. The van der Waals surface area contributed by atoms with E-state index in [0.29, 0.717) is 23.1 Å². The highest BCUT2D eigenvalue weighted by molar-refractivity contribution is 6.08. The van der Waals surface area contributed by atoms with Crippen LogP contribution in [0.2, 0.25) is 0 Å². The van der Waals surface area contributed by atoms with Crippen LogP contribution in [-0.2, 0) is 0 Å². The average molecular weight is 351 g/mol. The molecule has 0 unspecified atom stereocenters. The zero-order valence-corrected chi connectivity index (χ0v) is 15.7. The third kappa shape index (κ3) is 4.07. The van der Waals surface area contributed by atoms with Crippen molar-refractivity contribution in [2.75, 3.05) is 0 Å². The van der Waals surface area contributed by atoms with Gasteiger partial charge in [0.15, 0.2) is 5.82 Å². The van der Waals surface area contributed by atoms with Crippen molar-refractivity contribution < 1.29 is 4.79 Å². The summed E-state index contributed by atoms with van der Waals surface area (Å²) in [5, 5.41) is 11.2. The summed E-state index contributed by atoms with van der Waals surface area (Å²) in [5.74, 6) is 0.641. The Morgan fingerprint density at radius 1 is 1.31 bits per heavy atom. The van der Waals surface area contributed by atoms with E-state index in [0.717, 1.165) is 29.7 Å². The van der Waals surface area contributed by atoms with Gasteiger partial charge in [-0.25, -0.2) is 4.98 Å². The molecule has 26 heavy (non-hydrogen) atoms. The quantitative estimate of drug-likeness (QED) is 0.695. The molecule has 1 aliphatic carbocycles. The maximum Gasteiger partial charge on any atom is 0.287 e. The molecule has 6 heteroatoms. The summed E-state index contributed by atoms with van der Waals surface area (Å²) in [5.41, 5.74) is 3.31. The maximum absolute atomic E-state index is 12.4. The van der Waals surface area contributed by atoms with Gasteiger partial charge in [-0.15, -0.1) is 0 Å². The number of nitrogens with zero attached hydrogens (tertiary/aromatic N) is 2. The largest absolute Gasteiger partial charge is 0.344 e. The number of H-pyrrole nitrogens is 1. The topological polar surface area (TPSA) is 94.5 Å². The lowest BCUT2D eigenvalue weighted by Crippen LogP contribution is -2.45. The standard InChI is InChI=1S/C20H25N5O/c1-12-5-8-16(22-10-12)15(21)9-13(2)17-11-23-18(24-17)19(26)25-20(3,4)14-6-7-14/h5,8-11,14,21H,6-7H2,1-4H3,(H,23,24)(H,25,26)/b13-9-,21-15?. The first-order chi connectivity index (χ1) is 12.3. The zero-order valence-electron chi connectivity index (χ0n) is 15.7. The number of amides is 1. The van der Waals surface area contributed by atoms with Crippen molar-refractivity contribution >= 4 is 17.2 Å². The van der Waals surface area contributed by atoms with Gasteiger partial charge in [0.1, 0.15) is 0 Å². The highest BCUT2D eigenvalue weighted by atomic mass is 16.2. The minimum atomic E-state index is -0.214. The molecule has 2 aromatic heterocycles. The predicted molar refractivity (Wildman–Crippen MR) is 102 cm³/mol. The van der Waals surface area contributed by atoms with Gasteiger partial charge in [0.25, 0.3) is 5.91 Å². The van der Waals surface area contributed by atoms with Crippen LogP contribution in [0.15, 0.2) is 30.6 Å². The molecule has 0 aromatic carbocycles. The summed E-state index contributed by atoms with van der Waals surface area (Å²) in [6.45, 7) is 7.94. The summed E-state index contributed by atoms with van der Waals surface area (Å²) in [4.78, 5) is 23.9. The van der Waals surface area contributed by atoms with Crippen molar-refractivity contribution in [3.63, 3.8) is 0 Å². The van der Waals surface area contributed by atoms with Crippen molar-refractivity contribution in [1.29, 1.82) is 5.41 Å². The van der Waals surface area contributed by atoms with Crippen LogP contribution in [0.25, 0.3) is 5.57 Å². The third-order valence-electron chi connectivity index (χ3n) is 4.80. The Kier molecular flexibility index (Phi) is 4.76. The van der Waals surface area contributed by atoms with E-state index in [2.05, 4.69) is 20.3 Å². The Bertz CT molecular complexity index is 857. The Balaban J connectivity index is 1.70. The highest BCUT2D eigenvalue weighted by Gasteiger charge is 2.39. The molecule has 3 N–H and O–H groups in total. The van der Waals surface area contributed by atoms with E-state index in [9.17, 15) is 4.79 Å². The number of imidazole rings is 1. The smallest absolute Gasteiger partial charge is 0.287 e. The normalized spacial score (nSPS) is 15.0. The van der Waals surface area contributed by atoms with Gasteiger partial charge in [-0.2, -0.15) is 0 Å². The number of pyridine rings is 1. The molecule has 0 spiro atoms. The van der Waals surface area contributed by atoms with Crippen molar-refractivity contribution in [3.05, 3.63) is 53.4 Å². The van der Waals surface area contributed by atoms with E-state index in [1.807, 2.05) is 39.8 Å². The van der Waals surface area contributed by atoms with Crippen molar-refractivity contribution in [2.24, 2.45) is 5.92 Å². The number of aromatic amines is 1. The Morgan fingerprint density at radius 3 is 2.65 bits per heavy atom. The molecule has 0 bridgehead atoms. The number of allylic oxidation sites excluding steroid dienone is 2. The Hall–Kier alpha value is -2.76. The summed E-state index contributed by atoms with van der Waals surface area (Å²) in [6, 6.07) is 3.76. The van der Waals surface area contributed by atoms with E-state index in [4.69, 9.17) is 5.41 Å². The number of hydrogen-bond donors (Lipinski definition) is 3. The monoisotopic (exact) mass is 351 g/mol. The first-order valence-electron chi connectivity index (χ1n) is 8.84. The van der Waals surface area contributed by atoms with E-state index in [1.54, 1.807) is 18.5 Å². The molecule has 1 fully saturated rings. The van der Waals surface area contributed by atoms with Crippen LogP contribution in [0, 0.1) is 18.3 Å². The van der Waals surface area contributed by atoms with Gasteiger partial charge in [0.2, 0.25) is 0 Å². The van der Waals surface area contributed by atoms with Crippen LogP contribution in [0.3, 0.4) is 0 Å². The van der Waals surface area contributed by atoms with Gasteiger partial charge >= 0.3 is 0 Å². The fourth-order valence-corrected chi connectivity index (χ4v) is 2.89. The van der Waals surface area contributed by atoms with Gasteiger partial charge in [-0.1, -0.05) is 6.07 Å². The summed E-state index contributed by atoms with van der Waals surface area (Å²) in [7, 11) is 0. The molecule has 0 aliphatic heterocycles. The van der Waals surface area contributed by atoms with Crippen molar-refractivity contribution in [3.8, 4) is 0 Å². The van der Waals surface area contributed by atoms with Crippen LogP contribution in [0.1, 0.15) is 61.2 Å². The molecule has 0 saturated heterocycles. The van der Waals surface area contributed by atoms with Gasteiger partial charge in [0.05, 0.1) is 23.3 Å². The lowest BCUT2D eigenvalue weighted by molar-refractivity contribution is 0.0893. The molecule has 0 atom stereocenters. The number of nitrogens with one attached hydrogen (secondary N) is 3. The number of hydrogen-bond acceptors (Lipinski definition) is 4. The fraction of sp³-hybridized carbons (Fsp3) is 0.400. The lowest BCUT2D eigenvalue weighted by Gasteiger charge is -2.25. The fourth-order valence-electron chi connectivity index (χ4n) is 2.89. The number of carbonyl (C=O) groups excluding carboxylic acids is 1. The number of aromatic nitrogens is 3. The molecule has 2 aromatic rings. The molecule has 1 saturated carbocycles. The number of aryl methyl sites for hydroxylation is 1. The second kappa shape index (κ2) is 6.86. The van der Waals surface area contributed by atoms with Crippen LogP contribution in [0.5, 0.6) is 0 Å². The molecule has 1 amide bonds. The second-order valence-electron chi connectivity index (χ2n) is 7.56. The number of carbonyl (C=O) groups is 1. The van der Waals surface area contributed by atoms with Crippen LogP contribution < -0.4 is 5.32 Å². The third-order valence-corrected chi connectivity index (χ3v) is 4.80. The number of rotatable bonds is 6. The van der Waals surface area contributed by atoms with Crippen molar-refractivity contribution in [2.45, 2.75) is 46.1 Å². The molecule has 6 nitrogen and oxygen atoms in total. The zero-order chi connectivity index (χ0) is 18.9. The molecule has 1 aliphatic rings. The average Bonchev–Trinajstić information content (AvgIpc) is 3.33. The molecule has 3 rings (SSSR count). The van der Waals surface area contributed by atoms with Gasteiger partial charge in [0, 0.05) is 11.7 Å². The Morgan fingerprint density at radius 2 is 2.04 bits per heavy atom. The van der Waals surface area contributed by atoms with Gasteiger partial charge in [-0.05, 0) is 69.7 Å². The first-order valence-corrected chi connectivity index (χ1v) is 8.84. The second-order valence-corrected chi connectivity index (χ2v) is 7.56. The molecule has 0 radical (unpaired) electrons. The summed E-state index contributed by atoms with van der Waals surface area (Å²) < 4.78 is 0. The van der Waals surface area contributed by atoms with Crippen LogP contribution >= 0.6 is 0 Å². The van der Waals surface area contributed by atoms with E-state index < -0.39 is 0 Å². The molecule has 2 heterocycles. The van der Waals surface area contributed by atoms with E-state index in [1.165, 1.54) is 0 Å². The molecular weight excluding hydrogens is 326 g/mol. The molecule has 136 valence electrons. The molecular formula is C20H25N5O. The summed E-state index contributed by atoms with van der Waals surface area (Å²) in [6.07, 6.45) is 7.41. The van der Waals surface area contributed by atoms with E-state index in [-0.39, 0.29) is 11.4 Å². The minimum absolute atomic E-state index is 0.198.